The lowest BCUT2D eigenvalue weighted by Gasteiger charge is -2.19. The predicted octanol–water partition coefficient (Wildman–Crippen LogP) is 2.78. The molecule has 1 aromatic rings. The molecule has 0 spiro atoms. The number of aryl methyl sites for hydroxylation is 1. The van der Waals surface area contributed by atoms with Gasteiger partial charge in [-0.15, -0.1) is 0 Å². The Morgan fingerprint density at radius 2 is 2.15 bits per heavy atom. The number of hydrogen-bond acceptors (Lipinski definition) is 2. The molecule has 74 valence electrons. The van der Waals surface area contributed by atoms with Crippen molar-refractivity contribution in [2.45, 2.75) is 39.0 Å². The highest BCUT2D eigenvalue weighted by atomic mass is 19.3. The van der Waals surface area contributed by atoms with Gasteiger partial charge in [-0.05, 0) is 13.8 Å². The van der Waals surface area contributed by atoms with Gasteiger partial charge < -0.3 is 4.52 Å². The first-order chi connectivity index (χ1) is 5.98. The summed E-state index contributed by atoms with van der Waals surface area (Å²) in [4.78, 5) is 0. The van der Waals surface area contributed by atoms with Crippen molar-refractivity contribution in [3.63, 3.8) is 0 Å². The van der Waals surface area contributed by atoms with Crippen LogP contribution in [-0.2, 0) is 11.8 Å². The highest BCUT2D eigenvalue weighted by molar-refractivity contribution is 5.16. The molecule has 0 fully saturated rings. The molecule has 2 nitrogen and oxygen atoms in total. The van der Waals surface area contributed by atoms with Gasteiger partial charge >= 0.3 is 0 Å². The van der Waals surface area contributed by atoms with Crippen molar-refractivity contribution >= 4 is 0 Å². The van der Waals surface area contributed by atoms with Crippen LogP contribution in [0.5, 0.6) is 0 Å². The monoisotopic (exact) mass is 189 g/mol. The second-order valence-electron chi connectivity index (χ2n) is 3.55. The molecule has 0 aromatic carbocycles. The topological polar surface area (TPSA) is 26.0 Å². The SMILES string of the molecule is CCc1cc(C(C)(C)C(F)F)no1. The van der Waals surface area contributed by atoms with E-state index in [1.807, 2.05) is 6.92 Å². The summed E-state index contributed by atoms with van der Waals surface area (Å²) < 4.78 is 29.9. The van der Waals surface area contributed by atoms with E-state index in [1.165, 1.54) is 13.8 Å². The summed E-state index contributed by atoms with van der Waals surface area (Å²) in [5.74, 6) is 0.642. The van der Waals surface area contributed by atoms with Gasteiger partial charge in [0.05, 0.1) is 11.1 Å². The average Bonchev–Trinajstić information content (AvgIpc) is 2.51. The van der Waals surface area contributed by atoms with Gasteiger partial charge in [-0.1, -0.05) is 12.1 Å². The van der Waals surface area contributed by atoms with Gasteiger partial charge in [0.2, 0.25) is 6.43 Å². The number of aromatic nitrogens is 1. The van der Waals surface area contributed by atoms with Crippen LogP contribution in [-0.4, -0.2) is 11.6 Å². The minimum absolute atomic E-state index is 0.319. The van der Waals surface area contributed by atoms with Crippen molar-refractivity contribution in [1.82, 2.24) is 5.16 Å². The van der Waals surface area contributed by atoms with Crippen molar-refractivity contribution in [2.75, 3.05) is 0 Å². The van der Waals surface area contributed by atoms with Gasteiger partial charge in [0, 0.05) is 12.5 Å². The van der Waals surface area contributed by atoms with Crippen molar-refractivity contribution in [2.24, 2.45) is 0 Å². The first-order valence-electron chi connectivity index (χ1n) is 4.22. The highest BCUT2D eigenvalue weighted by Crippen LogP contribution is 2.29. The fourth-order valence-corrected chi connectivity index (χ4v) is 0.895. The van der Waals surface area contributed by atoms with E-state index in [2.05, 4.69) is 5.16 Å². The average molecular weight is 189 g/mol. The Morgan fingerprint density at radius 3 is 2.54 bits per heavy atom. The molecule has 0 saturated carbocycles. The van der Waals surface area contributed by atoms with Crippen LogP contribution in [0.2, 0.25) is 0 Å². The summed E-state index contributed by atoms with van der Waals surface area (Å²) in [6.45, 7) is 4.80. The van der Waals surface area contributed by atoms with Crippen LogP contribution in [0.25, 0.3) is 0 Å². The van der Waals surface area contributed by atoms with Crippen LogP contribution >= 0.6 is 0 Å². The molecule has 1 rings (SSSR count). The Hall–Kier alpha value is -0.930. The molecule has 0 unspecified atom stereocenters. The van der Waals surface area contributed by atoms with Gasteiger partial charge in [-0.25, -0.2) is 8.78 Å². The van der Waals surface area contributed by atoms with Crippen molar-refractivity contribution in [3.05, 3.63) is 17.5 Å². The zero-order chi connectivity index (χ0) is 10.1. The molecule has 0 aliphatic heterocycles. The third kappa shape index (κ3) is 1.87. The molecule has 0 amide bonds. The smallest absolute Gasteiger partial charge is 0.249 e. The first-order valence-corrected chi connectivity index (χ1v) is 4.22. The zero-order valence-corrected chi connectivity index (χ0v) is 7.97. The van der Waals surface area contributed by atoms with Crippen LogP contribution in [0, 0.1) is 0 Å². The Bertz CT molecular complexity index is 281. The molecule has 0 bridgehead atoms. The lowest BCUT2D eigenvalue weighted by atomic mass is 9.90. The lowest BCUT2D eigenvalue weighted by molar-refractivity contribution is 0.0652. The molecule has 0 aliphatic rings. The molecule has 0 atom stereocenters. The number of alkyl halides is 2. The van der Waals surface area contributed by atoms with E-state index in [9.17, 15) is 8.78 Å². The maximum absolute atomic E-state index is 12.5. The molecular weight excluding hydrogens is 176 g/mol. The van der Waals surface area contributed by atoms with Crippen LogP contribution in [0.15, 0.2) is 10.6 Å². The van der Waals surface area contributed by atoms with E-state index in [0.717, 1.165) is 0 Å². The van der Waals surface area contributed by atoms with Crippen molar-refractivity contribution < 1.29 is 13.3 Å². The summed E-state index contributed by atoms with van der Waals surface area (Å²) in [7, 11) is 0. The number of halogens is 2. The number of nitrogens with zero attached hydrogens (tertiary/aromatic N) is 1. The molecule has 0 N–H and O–H groups in total. The first kappa shape index (κ1) is 10.2. The molecule has 0 saturated heterocycles. The third-order valence-corrected chi connectivity index (χ3v) is 2.11. The molecular formula is C9H13F2NO. The summed E-state index contributed by atoms with van der Waals surface area (Å²) in [5, 5.41) is 3.62. The molecule has 1 heterocycles. The van der Waals surface area contributed by atoms with Gasteiger partial charge in [-0.3, -0.25) is 0 Å². The maximum Gasteiger partial charge on any atom is 0.249 e. The maximum atomic E-state index is 12.5. The second kappa shape index (κ2) is 3.44. The largest absolute Gasteiger partial charge is 0.361 e. The van der Waals surface area contributed by atoms with Crippen LogP contribution < -0.4 is 0 Å². The summed E-state index contributed by atoms with van der Waals surface area (Å²) in [6.07, 6.45) is -1.76. The van der Waals surface area contributed by atoms with E-state index < -0.39 is 11.8 Å². The molecule has 4 heteroatoms. The van der Waals surface area contributed by atoms with Crippen LogP contribution in [0.1, 0.15) is 32.2 Å². The minimum atomic E-state index is -2.43. The van der Waals surface area contributed by atoms with Gasteiger partial charge in [0.25, 0.3) is 0 Å². The highest BCUT2D eigenvalue weighted by Gasteiger charge is 2.34. The third-order valence-electron chi connectivity index (χ3n) is 2.11. The fraction of sp³-hybridized carbons (Fsp3) is 0.667. The van der Waals surface area contributed by atoms with Gasteiger partial charge in [0.15, 0.2) is 0 Å². The Morgan fingerprint density at radius 1 is 1.54 bits per heavy atom. The molecule has 13 heavy (non-hydrogen) atoms. The number of rotatable bonds is 3. The fourth-order valence-electron chi connectivity index (χ4n) is 0.895. The van der Waals surface area contributed by atoms with Crippen molar-refractivity contribution in [1.29, 1.82) is 0 Å². The molecule has 0 aliphatic carbocycles. The predicted molar refractivity (Wildman–Crippen MR) is 44.9 cm³/mol. The molecule has 1 aromatic heterocycles. The van der Waals surface area contributed by atoms with Crippen molar-refractivity contribution in [3.8, 4) is 0 Å². The summed E-state index contributed by atoms with van der Waals surface area (Å²) in [6, 6.07) is 1.59. The minimum Gasteiger partial charge on any atom is -0.361 e. The molecule has 0 radical (unpaired) electrons. The van der Waals surface area contributed by atoms with Crippen LogP contribution in [0.3, 0.4) is 0 Å². The van der Waals surface area contributed by atoms with Crippen LogP contribution in [0.4, 0.5) is 8.78 Å². The van der Waals surface area contributed by atoms with E-state index in [0.29, 0.717) is 17.9 Å². The quantitative estimate of drug-likeness (QED) is 0.730. The second-order valence-corrected chi connectivity index (χ2v) is 3.55. The normalized spacial score (nSPS) is 12.5. The standard InChI is InChI=1S/C9H13F2NO/c1-4-6-5-7(12-13-6)9(2,3)8(10)11/h5,8H,4H2,1-3H3. The Balaban J connectivity index is 2.93. The lowest BCUT2D eigenvalue weighted by Crippen LogP contribution is -2.27. The zero-order valence-electron chi connectivity index (χ0n) is 7.97. The van der Waals surface area contributed by atoms with E-state index >= 15 is 0 Å². The van der Waals surface area contributed by atoms with E-state index in [4.69, 9.17) is 4.52 Å². The summed E-state index contributed by atoms with van der Waals surface area (Å²) >= 11 is 0. The van der Waals surface area contributed by atoms with Gasteiger partial charge in [0.1, 0.15) is 5.76 Å². The Labute approximate surface area is 75.9 Å². The Kier molecular flexibility index (Phi) is 2.68. The van der Waals surface area contributed by atoms with E-state index in [-0.39, 0.29) is 0 Å². The van der Waals surface area contributed by atoms with Gasteiger partial charge in [-0.2, -0.15) is 0 Å². The number of hydrogen-bond donors (Lipinski definition) is 0. The summed E-state index contributed by atoms with van der Waals surface area (Å²) in [5.41, 5.74) is -0.906. The van der Waals surface area contributed by atoms with E-state index in [1.54, 1.807) is 6.07 Å².